The summed E-state index contributed by atoms with van der Waals surface area (Å²) in [7, 11) is 0. The number of amides is 3. The van der Waals surface area contributed by atoms with Crippen LogP contribution < -0.4 is 5.32 Å². The molecule has 1 fully saturated rings. The zero-order valence-electron chi connectivity index (χ0n) is 16.4. The summed E-state index contributed by atoms with van der Waals surface area (Å²) in [5.41, 5.74) is 0.816. The Kier molecular flexibility index (Phi) is 5.82. The van der Waals surface area contributed by atoms with Crippen LogP contribution in [0.1, 0.15) is 71.7 Å². The molecule has 7 heteroatoms. The van der Waals surface area contributed by atoms with E-state index in [1.807, 2.05) is 6.92 Å². The van der Waals surface area contributed by atoms with Gasteiger partial charge in [0.2, 0.25) is 5.91 Å². The van der Waals surface area contributed by atoms with Gasteiger partial charge in [-0.2, -0.15) is 0 Å². The molecule has 150 valence electrons. The minimum absolute atomic E-state index is 0.133. The summed E-state index contributed by atoms with van der Waals surface area (Å²) < 4.78 is 5.14. The van der Waals surface area contributed by atoms with Crippen molar-refractivity contribution in [1.29, 1.82) is 0 Å². The van der Waals surface area contributed by atoms with Gasteiger partial charge in [-0.25, -0.2) is 4.79 Å². The highest BCUT2D eigenvalue weighted by molar-refractivity contribution is 6.21. The topological polar surface area (TPSA) is 92.8 Å². The molecule has 0 spiro atoms. The van der Waals surface area contributed by atoms with Crippen LogP contribution in [0, 0.1) is 6.92 Å². The van der Waals surface area contributed by atoms with Crippen molar-refractivity contribution in [3.63, 3.8) is 0 Å². The fraction of sp³-hybridized carbons (Fsp3) is 0.524. The number of benzene rings is 1. The van der Waals surface area contributed by atoms with Crippen LogP contribution in [0.25, 0.3) is 0 Å². The van der Waals surface area contributed by atoms with Gasteiger partial charge in [-0.1, -0.05) is 24.5 Å². The number of carbonyl (C=O) groups excluding carboxylic acids is 4. The number of imide groups is 1. The molecule has 1 N–H and O–H groups in total. The lowest BCUT2D eigenvalue weighted by Gasteiger charge is -2.27. The molecular formula is C21H26N2O5. The number of ether oxygens (including phenoxy) is 1. The molecule has 1 heterocycles. The van der Waals surface area contributed by atoms with Crippen LogP contribution in [-0.2, 0) is 14.3 Å². The van der Waals surface area contributed by atoms with E-state index in [0.29, 0.717) is 30.4 Å². The number of fused-ring (bicyclic) bond motifs is 1. The number of hydrogen-bond donors (Lipinski definition) is 1. The Hall–Kier alpha value is -2.70. The fourth-order valence-corrected chi connectivity index (χ4v) is 3.96. The van der Waals surface area contributed by atoms with Crippen molar-refractivity contribution >= 4 is 23.7 Å². The predicted octanol–water partition coefficient (Wildman–Crippen LogP) is 2.36. The van der Waals surface area contributed by atoms with Gasteiger partial charge in [0.05, 0.1) is 17.7 Å². The van der Waals surface area contributed by atoms with E-state index in [1.54, 1.807) is 25.1 Å². The number of esters is 1. The number of aryl methyl sites for hydroxylation is 1. The number of rotatable bonds is 7. The minimum atomic E-state index is -0.930. The van der Waals surface area contributed by atoms with Gasteiger partial charge in [0.15, 0.2) is 0 Å². The first-order valence-electron chi connectivity index (χ1n) is 9.83. The fourth-order valence-electron chi connectivity index (χ4n) is 3.96. The SMILES string of the molecule is CCOC(=O)C1(NC(=O)CCCN2C(=O)c3ccc(C)cc3C2=O)CCCC1. The van der Waals surface area contributed by atoms with Crippen molar-refractivity contribution in [2.75, 3.05) is 13.2 Å². The lowest BCUT2D eigenvalue weighted by molar-refractivity contribution is -0.153. The zero-order valence-corrected chi connectivity index (χ0v) is 16.4. The third-order valence-electron chi connectivity index (χ3n) is 5.41. The second-order valence-corrected chi connectivity index (χ2v) is 7.47. The van der Waals surface area contributed by atoms with Gasteiger partial charge >= 0.3 is 5.97 Å². The van der Waals surface area contributed by atoms with Crippen LogP contribution in [0.15, 0.2) is 18.2 Å². The first kappa shape index (κ1) is 20.0. The minimum Gasteiger partial charge on any atom is -0.464 e. The van der Waals surface area contributed by atoms with Gasteiger partial charge < -0.3 is 10.1 Å². The van der Waals surface area contributed by atoms with E-state index in [0.717, 1.165) is 18.4 Å². The molecule has 0 saturated heterocycles. The molecule has 0 radical (unpaired) electrons. The van der Waals surface area contributed by atoms with Gasteiger partial charge in [0.25, 0.3) is 11.8 Å². The highest BCUT2D eigenvalue weighted by Crippen LogP contribution is 2.31. The molecular weight excluding hydrogens is 360 g/mol. The van der Waals surface area contributed by atoms with E-state index in [1.165, 1.54) is 4.90 Å². The summed E-state index contributed by atoms with van der Waals surface area (Å²) in [6, 6.07) is 5.18. The number of carbonyl (C=O) groups is 4. The van der Waals surface area contributed by atoms with Crippen LogP contribution in [0.3, 0.4) is 0 Å². The monoisotopic (exact) mass is 386 g/mol. The summed E-state index contributed by atoms with van der Waals surface area (Å²) in [6.07, 6.45) is 3.37. The van der Waals surface area contributed by atoms with E-state index in [9.17, 15) is 19.2 Å². The van der Waals surface area contributed by atoms with Crippen molar-refractivity contribution in [1.82, 2.24) is 10.2 Å². The molecule has 1 aromatic carbocycles. The molecule has 3 rings (SSSR count). The molecule has 0 aromatic heterocycles. The van der Waals surface area contributed by atoms with Gasteiger partial charge in [-0.3, -0.25) is 19.3 Å². The maximum atomic E-state index is 12.5. The molecule has 1 aliphatic carbocycles. The maximum Gasteiger partial charge on any atom is 0.331 e. The van der Waals surface area contributed by atoms with Gasteiger partial charge in [0.1, 0.15) is 5.54 Å². The van der Waals surface area contributed by atoms with E-state index < -0.39 is 5.54 Å². The quantitative estimate of drug-likeness (QED) is 0.574. The van der Waals surface area contributed by atoms with Crippen molar-refractivity contribution in [2.45, 2.75) is 57.9 Å². The molecule has 1 aromatic rings. The second kappa shape index (κ2) is 8.12. The third kappa shape index (κ3) is 3.79. The molecule has 2 aliphatic rings. The molecule has 7 nitrogen and oxygen atoms in total. The van der Waals surface area contributed by atoms with E-state index in [-0.39, 0.29) is 43.3 Å². The Morgan fingerprint density at radius 1 is 1.14 bits per heavy atom. The Labute approximate surface area is 164 Å². The van der Waals surface area contributed by atoms with Crippen LogP contribution in [0.4, 0.5) is 0 Å². The highest BCUT2D eigenvalue weighted by atomic mass is 16.5. The largest absolute Gasteiger partial charge is 0.464 e. The third-order valence-corrected chi connectivity index (χ3v) is 5.41. The first-order chi connectivity index (χ1) is 13.4. The Morgan fingerprint density at radius 2 is 1.82 bits per heavy atom. The smallest absolute Gasteiger partial charge is 0.331 e. The Bertz CT molecular complexity index is 811. The summed E-state index contributed by atoms with van der Waals surface area (Å²) in [4.78, 5) is 50.8. The second-order valence-electron chi connectivity index (χ2n) is 7.47. The average molecular weight is 386 g/mol. The van der Waals surface area contributed by atoms with E-state index in [2.05, 4.69) is 5.32 Å². The van der Waals surface area contributed by atoms with Crippen molar-refractivity contribution in [3.8, 4) is 0 Å². The molecule has 0 bridgehead atoms. The standard InChI is InChI=1S/C21H26N2O5/c1-3-28-20(27)21(10-4-5-11-21)22-17(24)7-6-12-23-18(25)15-9-8-14(2)13-16(15)19(23)26/h8-9,13H,3-7,10-12H2,1-2H3,(H,22,24). The van der Waals surface area contributed by atoms with E-state index >= 15 is 0 Å². The maximum absolute atomic E-state index is 12.5. The lowest BCUT2D eigenvalue weighted by atomic mass is 9.97. The van der Waals surface area contributed by atoms with Crippen LogP contribution >= 0.6 is 0 Å². The van der Waals surface area contributed by atoms with Gasteiger partial charge in [0, 0.05) is 13.0 Å². The van der Waals surface area contributed by atoms with Crippen molar-refractivity contribution in [3.05, 3.63) is 34.9 Å². The van der Waals surface area contributed by atoms with Crippen LogP contribution in [0.2, 0.25) is 0 Å². The van der Waals surface area contributed by atoms with Crippen LogP contribution in [-0.4, -0.2) is 47.3 Å². The van der Waals surface area contributed by atoms with Gasteiger partial charge in [-0.15, -0.1) is 0 Å². The normalized spacial score (nSPS) is 17.6. The lowest BCUT2D eigenvalue weighted by Crippen LogP contribution is -2.53. The molecule has 28 heavy (non-hydrogen) atoms. The number of nitrogens with zero attached hydrogens (tertiary/aromatic N) is 1. The molecule has 0 atom stereocenters. The first-order valence-corrected chi connectivity index (χ1v) is 9.83. The molecule has 1 aliphatic heterocycles. The van der Waals surface area contributed by atoms with Crippen molar-refractivity contribution < 1.29 is 23.9 Å². The predicted molar refractivity (Wildman–Crippen MR) is 102 cm³/mol. The Balaban J connectivity index is 1.55. The van der Waals surface area contributed by atoms with Crippen molar-refractivity contribution in [2.24, 2.45) is 0 Å². The van der Waals surface area contributed by atoms with Gasteiger partial charge in [-0.05, 0) is 45.2 Å². The molecule has 0 unspecified atom stereocenters. The summed E-state index contributed by atoms with van der Waals surface area (Å²) in [6.45, 7) is 4.06. The molecule has 1 saturated carbocycles. The summed E-state index contributed by atoms with van der Waals surface area (Å²) >= 11 is 0. The molecule has 3 amide bonds. The summed E-state index contributed by atoms with van der Waals surface area (Å²) in [5, 5.41) is 2.85. The Morgan fingerprint density at radius 3 is 2.50 bits per heavy atom. The number of nitrogens with one attached hydrogen (secondary N) is 1. The average Bonchev–Trinajstić information content (AvgIpc) is 3.21. The van der Waals surface area contributed by atoms with E-state index in [4.69, 9.17) is 4.74 Å². The zero-order chi connectivity index (χ0) is 20.3. The highest BCUT2D eigenvalue weighted by Gasteiger charge is 2.43. The van der Waals surface area contributed by atoms with Crippen LogP contribution in [0.5, 0.6) is 0 Å². The number of hydrogen-bond acceptors (Lipinski definition) is 5. The summed E-state index contributed by atoms with van der Waals surface area (Å²) in [5.74, 6) is -1.28.